The summed E-state index contributed by atoms with van der Waals surface area (Å²) in [5.41, 5.74) is 6.41. The molecule has 1 aromatic heterocycles. The van der Waals surface area contributed by atoms with Gasteiger partial charge in [0.25, 0.3) is 0 Å². The Hall–Kier alpha value is -3.07. The lowest BCUT2D eigenvalue weighted by Crippen LogP contribution is -2.14. The standard InChI is InChI=1S/C19H19F3N4O2/c1-3-28-14-8-7-11(10-15(14)27-2)16(23)18-24-17(25-26-18)12-5-4-6-13(9-12)19(20,21)22/h4-10,16H,3,23H2,1-2H3,(H,24,25,26)/t16-/m1/s1. The van der Waals surface area contributed by atoms with E-state index in [4.69, 9.17) is 15.2 Å². The highest BCUT2D eigenvalue weighted by Gasteiger charge is 2.30. The molecule has 0 aliphatic carbocycles. The Morgan fingerprint density at radius 3 is 2.61 bits per heavy atom. The Morgan fingerprint density at radius 2 is 1.93 bits per heavy atom. The van der Waals surface area contributed by atoms with Crippen LogP contribution in [0.2, 0.25) is 0 Å². The normalized spacial score (nSPS) is 12.6. The van der Waals surface area contributed by atoms with Crippen LogP contribution in [0.25, 0.3) is 11.4 Å². The number of rotatable bonds is 6. The molecule has 0 saturated carbocycles. The topological polar surface area (TPSA) is 86.0 Å². The number of benzene rings is 2. The minimum Gasteiger partial charge on any atom is -0.493 e. The molecule has 0 amide bonds. The first kappa shape index (κ1) is 19.7. The summed E-state index contributed by atoms with van der Waals surface area (Å²) in [5.74, 6) is 1.56. The van der Waals surface area contributed by atoms with Crippen molar-refractivity contribution in [2.45, 2.75) is 19.1 Å². The van der Waals surface area contributed by atoms with Gasteiger partial charge in [0.05, 0.1) is 25.3 Å². The lowest BCUT2D eigenvalue weighted by atomic mass is 10.1. The molecule has 0 spiro atoms. The number of nitrogens with zero attached hydrogens (tertiary/aromatic N) is 2. The number of hydrogen-bond acceptors (Lipinski definition) is 5. The van der Waals surface area contributed by atoms with Crippen molar-refractivity contribution in [3.63, 3.8) is 0 Å². The number of nitrogens with two attached hydrogens (primary N) is 1. The van der Waals surface area contributed by atoms with E-state index in [2.05, 4.69) is 15.2 Å². The molecule has 3 aromatic rings. The van der Waals surface area contributed by atoms with E-state index in [0.717, 1.165) is 12.1 Å². The maximum absolute atomic E-state index is 12.9. The van der Waals surface area contributed by atoms with Gasteiger partial charge in [-0.15, -0.1) is 0 Å². The summed E-state index contributed by atoms with van der Waals surface area (Å²) in [4.78, 5) is 4.26. The number of H-pyrrole nitrogens is 1. The predicted octanol–water partition coefficient (Wildman–Crippen LogP) is 3.95. The molecule has 3 rings (SSSR count). The van der Waals surface area contributed by atoms with Crippen LogP contribution in [-0.2, 0) is 6.18 Å². The van der Waals surface area contributed by atoms with Crippen LogP contribution in [0.15, 0.2) is 42.5 Å². The summed E-state index contributed by atoms with van der Waals surface area (Å²) in [6.45, 7) is 2.35. The van der Waals surface area contributed by atoms with Gasteiger partial charge in [-0.05, 0) is 36.8 Å². The fourth-order valence-electron chi connectivity index (χ4n) is 2.69. The van der Waals surface area contributed by atoms with Crippen molar-refractivity contribution >= 4 is 0 Å². The second-order valence-electron chi connectivity index (χ2n) is 5.94. The van der Waals surface area contributed by atoms with E-state index in [9.17, 15) is 13.2 Å². The Kier molecular flexibility index (Phi) is 5.55. The fourth-order valence-corrected chi connectivity index (χ4v) is 2.69. The zero-order valence-electron chi connectivity index (χ0n) is 15.2. The lowest BCUT2D eigenvalue weighted by molar-refractivity contribution is -0.137. The van der Waals surface area contributed by atoms with Gasteiger partial charge in [-0.1, -0.05) is 18.2 Å². The molecule has 28 heavy (non-hydrogen) atoms. The van der Waals surface area contributed by atoms with Crippen LogP contribution in [0.4, 0.5) is 13.2 Å². The smallest absolute Gasteiger partial charge is 0.416 e. The number of ether oxygens (including phenoxy) is 2. The van der Waals surface area contributed by atoms with Crippen LogP contribution >= 0.6 is 0 Å². The van der Waals surface area contributed by atoms with Gasteiger partial charge in [-0.2, -0.15) is 18.3 Å². The second-order valence-corrected chi connectivity index (χ2v) is 5.94. The average Bonchev–Trinajstić information content (AvgIpc) is 3.17. The summed E-state index contributed by atoms with van der Waals surface area (Å²) in [7, 11) is 1.52. The molecule has 2 aromatic carbocycles. The Bertz CT molecular complexity index is 956. The molecular weight excluding hydrogens is 373 g/mol. The number of halogens is 3. The second kappa shape index (κ2) is 7.89. The van der Waals surface area contributed by atoms with Gasteiger partial charge in [0.15, 0.2) is 17.3 Å². The molecule has 0 aliphatic rings. The van der Waals surface area contributed by atoms with Gasteiger partial charge in [0, 0.05) is 5.56 Å². The fraction of sp³-hybridized carbons (Fsp3) is 0.263. The number of aromatic amines is 1. The molecule has 0 unspecified atom stereocenters. The van der Waals surface area contributed by atoms with Crippen LogP contribution in [0.5, 0.6) is 11.5 Å². The first-order valence-electron chi connectivity index (χ1n) is 8.49. The van der Waals surface area contributed by atoms with E-state index in [1.54, 1.807) is 18.2 Å². The summed E-state index contributed by atoms with van der Waals surface area (Å²) < 4.78 is 49.5. The van der Waals surface area contributed by atoms with E-state index >= 15 is 0 Å². The highest BCUT2D eigenvalue weighted by molar-refractivity contribution is 5.56. The molecule has 0 bridgehead atoms. The zero-order valence-corrected chi connectivity index (χ0v) is 15.2. The number of nitrogens with one attached hydrogen (secondary N) is 1. The molecule has 6 nitrogen and oxygen atoms in total. The first-order chi connectivity index (χ1) is 13.3. The number of methoxy groups -OCH3 is 1. The van der Waals surface area contributed by atoms with E-state index in [-0.39, 0.29) is 11.4 Å². The van der Waals surface area contributed by atoms with Crippen LogP contribution in [0.1, 0.15) is 29.9 Å². The van der Waals surface area contributed by atoms with Crippen molar-refractivity contribution in [2.24, 2.45) is 5.73 Å². The Balaban J connectivity index is 1.88. The SMILES string of the molecule is CCOc1ccc([C@@H](N)c2nc(-c3cccc(C(F)(F)F)c3)n[nH]2)cc1OC. The van der Waals surface area contributed by atoms with Crippen molar-refractivity contribution in [3.05, 3.63) is 59.4 Å². The van der Waals surface area contributed by atoms with E-state index in [1.165, 1.54) is 19.2 Å². The van der Waals surface area contributed by atoms with E-state index < -0.39 is 17.8 Å². The zero-order chi connectivity index (χ0) is 20.3. The van der Waals surface area contributed by atoms with Gasteiger partial charge < -0.3 is 15.2 Å². The van der Waals surface area contributed by atoms with Gasteiger partial charge in [0.1, 0.15) is 5.82 Å². The molecule has 0 fully saturated rings. The van der Waals surface area contributed by atoms with Crippen molar-refractivity contribution in [1.82, 2.24) is 15.2 Å². The minimum absolute atomic E-state index is 0.134. The summed E-state index contributed by atoms with van der Waals surface area (Å²) in [5, 5.41) is 6.70. The number of aromatic nitrogens is 3. The van der Waals surface area contributed by atoms with Gasteiger partial charge >= 0.3 is 6.18 Å². The largest absolute Gasteiger partial charge is 0.493 e. The van der Waals surface area contributed by atoms with Gasteiger partial charge in [0.2, 0.25) is 0 Å². The third-order valence-electron chi connectivity index (χ3n) is 4.09. The molecule has 1 heterocycles. The number of hydrogen-bond donors (Lipinski definition) is 2. The molecule has 0 saturated heterocycles. The summed E-state index contributed by atoms with van der Waals surface area (Å²) >= 11 is 0. The van der Waals surface area contributed by atoms with Crippen molar-refractivity contribution in [2.75, 3.05) is 13.7 Å². The highest BCUT2D eigenvalue weighted by Crippen LogP contribution is 2.33. The lowest BCUT2D eigenvalue weighted by Gasteiger charge is -2.13. The predicted molar refractivity (Wildman–Crippen MR) is 97.0 cm³/mol. The van der Waals surface area contributed by atoms with Crippen LogP contribution < -0.4 is 15.2 Å². The van der Waals surface area contributed by atoms with E-state index in [0.29, 0.717) is 29.5 Å². The average molecular weight is 392 g/mol. The minimum atomic E-state index is -4.44. The Morgan fingerprint density at radius 1 is 1.14 bits per heavy atom. The van der Waals surface area contributed by atoms with Crippen molar-refractivity contribution in [3.8, 4) is 22.9 Å². The molecule has 0 radical (unpaired) electrons. The Labute approximate surface area is 159 Å². The molecule has 1 atom stereocenters. The van der Waals surface area contributed by atoms with Gasteiger partial charge in [-0.3, -0.25) is 5.10 Å². The third kappa shape index (κ3) is 4.09. The number of alkyl halides is 3. The monoisotopic (exact) mass is 392 g/mol. The van der Waals surface area contributed by atoms with Crippen LogP contribution in [0, 0.1) is 0 Å². The molecule has 0 aliphatic heterocycles. The molecule has 9 heteroatoms. The molecule has 148 valence electrons. The molecule has 3 N–H and O–H groups in total. The summed E-state index contributed by atoms with van der Waals surface area (Å²) in [6, 6.07) is 9.37. The van der Waals surface area contributed by atoms with Crippen molar-refractivity contribution < 1.29 is 22.6 Å². The quantitative estimate of drug-likeness (QED) is 0.664. The maximum Gasteiger partial charge on any atom is 0.416 e. The van der Waals surface area contributed by atoms with Crippen LogP contribution in [-0.4, -0.2) is 28.9 Å². The first-order valence-corrected chi connectivity index (χ1v) is 8.49. The van der Waals surface area contributed by atoms with Gasteiger partial charge in [-0.25, -0.2) is 4.98 Å². The summed E-state index contributed by atoms with van der Waals surface area (Å²) in [6.07, 6.45) is -4.44. The van der Waals surface area contributed by atoms with Crippen LogP contribution in [0.3, 0.4) is 0 Å². The van der Waals surface area contributed by atoms with E-state index in [1.807, 2.05) is 6.92 Å². The molecular formula is C19H19F3N4O2. The van der Waals surface area contributed by atoms with Crippen molar-refractivity contribution in [1.29, 1.82) is 0 Å². The highest BCUT2D eigenvalue weighted by atomic mass is 19.4. The third-order valence-corrected chi connectivity index (χ3v) is 4.09. The maximum atomic E-state index is 12.9.